The minimum absolute atomic E-state index is 0.113. The molecule has 1 aliphatic heterocycles. The molecule has 3 heterocycles. The zero-order chi connectivity index (χ0) is 21.7. The molecule has 0 radical (unpaired) electrons. The van der Waals surface area contributed by atoms with Crippen molar-refractivity contribution in [1.82, 2.24) is 14.5 Å². The van der Waals surface area contributed by atoms with Crippen LogP contribution in [0.15, 0.2) is 46.8 Å². The maximum absolute atomic E-state index is 13.0. The number of anilines is 1. The van der Waals surface area contributed by atoms with Crippen LogP contribution in [0.5, 0.6) is 0 Å². The molecule has 6 nitrogen and oxygen atoms in total. The molecule has 2 aromatic heterocycles. The van der Waals surface area contributed by atoms with Crippen LogP contribution >= 0.6 is 34.5 Å². The number of hydrogen-bond donors (Lipinski definition) is 0. The van der Waals surface area contributed by atoms with E-state index >= 15 is 0 Å². The van der Waals surface area contributed by atoms with E-state index in [9.17, 15) is 9.59 Å². The van der Waals surface area contributed by atoms with E-state index in [1.165, 1.54) is 23.0 Å². The predicted octanol–water partition coefficient (Wildman–Crippen LogP) is 4.72. The van der Waals surface area contributed by atoms with Gasteiger partial charge in [-0.25, -0.2) is 9.97 Å². The van der Waals surface area contributed by atoms with E-state index in [2.05, 4.69) is 16.0 Å². The van der Waals surface area contributed by atoms with Crippen molar-refractivity contribution >= 4 is 57.0 Å². The summed E-state index contributed by atoms with van der Waals surface area (Å²) in [6.07, 6.45) is 2.11. The second-order valence-electron chi connectivity index (χ2n) is 7.35. The Morgan fingerprint density at radius 3 is 2.84 bits per heavy atom. The number of carbonyl (C=O) groups excluding carboxylic acids is 1. The summed E-state index contributed by atoms with van der Waals surface area (Å²) in [6, 6.07) is 9.07. The summed E-state index contributed by atoms with van der Waals surface area (Å²) in [4.78, 5) is 36.4. The van der Waals surface area contributed by atoms with Gasteiger partial charge in [0.05, 0.1) is 33.0 Å². The van der Waals surface area contributed by atoms with Crippen molar-refractivity contribution in [2.75, 3.05) is 11.4 Å². The first-order valence-electron chi connectivity index (χ1n) is 9.61. The zero-order valence-electron chi connectivity index (χ0n) is 16.4. The lowest BCUT2D eigenvalue weighted by Crippen LogP contribution is -2.35. The Balaban J connectivity index is 1.43. The maximum Gasteiger partial charge on any atom is 0.261 e. The average molecular weight is 471 g/mol. The standard InChI is InChI=1S/C22H16Cl2N4O2S/c1-12-26-18(10-31-12)13-2-3-19-14(6-13)4-5-28(19)20(29)9-27-11-25-21-16(22(27)30)7-15(23)8-17(21)24/h2-3,6-8,10-11H,4-5,9H2,1H3. The Labute approximate surface area is 191 Å². The van der Waals surface area contributed by atoms with Crippen LogP contribution in [0.25, 0.3) is 22.2 Å². The van der Waals surface area contributed by atoms with Gasteiger partial charge in [0, 0.05) is 28.2 Å². The molecule has 5 rings (SSSR count). The van der Waals surface area contributed by atoms with Crippen LogP contribution in [0.1, 0.15) is 10.6 Å². The van der Waals surface area contributed by atoms with Crippen molar-refractivity contribution in [2.24, 2.45) is 0 Å². The van der Waals surface area contributed by atoms with Crippen molar-refractivity contribution in [2.45, 2.75) is 19.9 Å². The number of nitrogens with zero attached hydrogens (tertiary/aromatic N) is 4. The van der Waals surface area contributed by atoms with Gasteiger partial charge in [0.2, 0.25) is 5.91 Å². The fourth-order valence-electron chi connectivity index (χ4n) is 3.85. The smallest absolute Gasteiger partial charge is 0.261 e. The Hall–Kier alpha value is -2.74. The van der Waals surface area contributed by atoms with Crippen LogP contribution in [0, 0.1) is 6.92 Å². The summed E-state index contributed by atoms with van der Waals surface area (Å²) in [5.41, 5.74) is 3.97. The molecule has 9 heteroatoms. The SMILES string of the molecule is Cc1nc(-c2ccc3c(c2)CCN3C(=O)Cn2cnc3c(Cl)cc(Cl)cc3c2=O)cs1. The van der Waals surface area contributed by atoms with Gasteiger partial charge in [-0.2, -0.15) is 0 Å². The summed E-state index contributed by atoms with van der Waals surface area (Å²) in [6.45, 7) is 2.44. The third kappa shape index (κ3) is 3.63. The summed E-state index contributed by atoms with van der Waals surface area (Å²) in [5.74, 6) is -0.174. The molecule has 2 aromatic carbocycles. The summed E-state index contributed by atoms with van der Waals surface area (Å²) in [7, 11) is 0. The van der Waals surface area contributed by atoms with Gasteiger partial charge in [-0.1, -0.05) is 29.3 Å². The number of benzene rings is 2. The van der Waals surface area contributed by atoms with E-state index in [1.54, 1.807) is 16.2 Å². The lowest BCUT2D eigenvalue weighted by atomic mass is 10.1. The van der Waals surface area contributed by atoms with Crippen LogP contribution in [-0.2, 0) is 17.8 Å². The number of carbonyl (C=O) groups is 1. The number of fused-ring (bicyclic) bond motifs is 2. The van der Waals surface area contributed by atoms with Crippen molar-refractivity contribution in [3.63, 3.8) is 0 Å². The van der Waals surface area contributed by atoms with Gasteiger partial charge in [-0.05, 0) is 43.2 Å². The van der Waals surface area contributed by atoms with E-state index in [1.807, 2.05) is 24.4 Å². The Morgan fingerprint density at radius 1 is 1.23 bits per heavy atom. The molecule has 0 atom stereocenters. The van der Waals surface area contributed by atoms with Crippen molar-refractivity contribution in [3.8, 4) is 11.3 Å². The van der Waals surface area contributed by atoms with Crippen LogP contribution in [0.2, 0.25) is 10.0 Å². The van der Waals surface area contributed by atoms with Gasteiger partial charge in [0.15, 0.2) is 0 Å². The molecule has 156 valence electrons. The van der Waals surface area contributed by atoms with Crippen LogP contribution in [0.4, 0.5) is 5.69 Å². The molecule has 1 aliphatic rings. The van der Waals surface area contributed by atoms with Crippen molar-refractivity contribution < 1.29 is 4.79 Å². The Morgan fingerprint density at radius 2 is 2.06 bits per heavy atom. The molecule has 0 bridgehead atoms. The monoisotopic (exact) mass is 470 g/mol. The van der Waals surface area contributed by atoms with E-state index in [0.29, 0.717) is 22.1 Å². The summed E-state index contributed by atoms with van der Waals surface area (Å²) < 4.78 is 1.29. The van der Waals surface area contributed by atoms with E-state index in [-0.39, 0.29) is 23.4 Å². The Bertz CT molecular complexity index is 1410. The van der Waals surface area contributed by atoms with E-state index in [4.69, 9.17) is 23.2 Å². The molecule has 1 amide bonds. The first kappa shape index (κ1) is 20.2. The van der Waals surface area contributed by atoms with E-state index < -0.39 is 0 Å². The molecule has 0 saturated carbocycles. The van der Waals surface area contributed by atoms with Crippen molar-refractivity contribution in [1.29, 1.82) is 0 Å². The second kappa shape index (κ2) is 7.75. The highest BCUT2D eigenvalue weighted by Gasteiger charge is 2.26. The van der Waals surface area contributed by atoms with Gasteiger partial charge < -0.3 is 4.90 Å². The van der Waals surface area contributed by atoms with Gasteiger partial charge >= 0.3 is 0 Å². The van der Waals surface area contributed by atoms with Gasteiger partial charge in [0.25, 0.3) is 5.56 Å². The molecule has 4 aromatic rings. The minimum Gasteiger partial charge on any atom is -0.310 e. The van der Waals surface area contributed by atoms with Gasteiger partial charge in [0.1, 0.15) is 6.54 Å². The van der Waals surface area contributed by atoms with Gasteiger partial charge in [-0.3, -0.25) is 14.2 Å². The number of amides is 1. The number of aromatic nitrogens is 3. The lowest BCUT2D eigenvalue weighted by Gasteiger charge is -2.18. The fraction of sp³-hybridized carbons (Fsp3) is 0.182. The zero-order valence-corrected chi connectivity index (χ0v) is 18.8. The predicted molar refractivity (Wildman–Crippen MR) is 124 cm³/mol. The molecular formula is C22H16Cl2N4O2S. The van der Waals surface area contributed by atoms with Gasteiger partial charge in [-0.15, -0.1) is 11.3 Å². The third-order valence-electron chi connectivity index (χ3n) is 5.34. The third-order valence-corrected chi connectivity index (χ3v) is 6.62. The number of rotatable bonds is 3. The highest BCUT2D eigenvalue weighted by molar-refractivity contribution is 7.09. The number of hydrogen-bond acceptors (Lipinski definition) is 5. The molecule has 0 unspecified atom stereocenters. The lowest BCUT2D eigenvalue weighted by molar-refractivity contribution is -0.119. The first-order chi connectivity index (χ1) is 14.9. The molecule has 0 fully saturated rings. The Kier molecular flexibility index (Phi) is 5.04. The number of halogens is 2. The average Bonchev–Trinajstić information content (AvgIpc) is 3.36. The summed E-state index contributed by atoms with van der Waals surface area (Å²) >= 11 is 13.8. The number of thiazole rings is 1. The second-order valence-corrected chi connectivity index (χ2v) is 9.26. The molecule has 0 saturated heterocycles. The molecule has 0 N–H and O–H groups in total. The van der Waals surface area contributed by atoms with E-state index in [0.717, 1.165) is 33.9 Å². The largest absolute Gasteiger partial charge is 0.310 e. The molecule has 0 spiro atoms. The van der Waals surface area contributed by atoms with Crippen LogP contribution in [0.3, 0.4) is 0 Å². The topological polar surface area (TPSA) is 68.1 Å². The summed E-state index contributed by atoms with van der Waals surface area (Å²) in [5, 5.41) is 3.99. The minimum atomic E-state index is -0.351. The maximum atomic E-state index is 13.0. The first-order valence-corrected chi connectivity index (χ1v) is 11.2. The molecular weight excluding hydrogens is 455 g/mol. The van der Waals surface area contributed by atoms with Crippen LogP contribution < -0.4 is 10.5 Å². The van der Waals surface area contributed by atoms with Crippen molar-refractivity contribution in [3.05, 3.63) is 73.0 Å². The highest BCUT2D eigenvalue weighted by atomic mass is 35.5. The molecule has 31 heavy (non-hydrogen) atoms. The van der Waals surface area contributed by atoms with Crippen LogP contribution in [-0.4, -0.2) is 27.0 Å². The molecule has 0 aliphatic carbocycles. The highest BCUT2D eigenvalue weighted by Crippen LogP contribution is 2.33. The fourth-order valence-corrected chi connectivity index (χ4v) is 5.02. The number of aryl methyl sites for hydroxylation is 1. The quantitative estimate of drug-likeness (QED) is 0.434. The normalized spacial score (nSPS) is 13.1.